The Kier molecular flexibility index (Phi) is 7.49. The fraction of sp³-hybridized carbons (Fsp3) is 0.429. The van der Waals surface area contributed by atoms with Gasteiger partial charge in [-0.25, -0.2) is 4.79 Å². The van der Waals surface area contributed by atoms with Gasteiger partial charge >= 0.3 is 6.03 Å². The van der Waals surface area contributed by atoms with E-state index in [0.717, 1.165) is 11.3 Å². The number of amides is 3. The first-order valence-electron chi connectivity index (χ1n) is 9.48. The lowest BCUT2D eigenvalue weighted by atomic mass is 10.1. The van der Waals surface area contributed by atoms with Gasteiger partial charge in [-0.05, 0) is 42.8 Å². The zero-order chi connectivity index (χ0) is 20.7. The van der Waals surface area contributed by atoms with E-state index in [-0.39, 0.29) is 17.9 Å². The van der Waals surface area contributed by atoms with Gasteiger partial charge in [-0.15, -0.1) is 0 Å². The van der Waals surface area contributed by atoms with Gasteiger partial charge in [0.2, 0.25) is 5.91 Å². The molecule has 7 heteroatoms. The summed E-state index contributed by atoms with van der Waals surface area (Å²) in [5, 5.41) is 5.78. The SMILES string of the molecule is CCNC(=O)N(Cc1ccco1)Cc1cc(NC(=O)C(C)C)ccc1N(C)C. The van der Waals surface area contributed by atoms with Gasteiger partial charge in [-0.2, -0.15) is 0 Å². The van der Waals surface area contributed by atoms with E-state index in [0.29, 0.717) is 31.1 Å². The number of carbonyl (C=O) groups excluding carboxylic acids is 2. The molecule has 0 unspecified atom stereocenters. The van der Waals surface area contributed by atoms with Crippen molar-refractivity contribution >= 4 is 23.3 Å². The maximum atomic E-state index is 12.6. The molecule has 0 saturated heterocycles. The maximum absolute atomic E-state index is 12.6. The van der Waals surface area contributed by atoms with Gasteiger partial charge in [0.1, 0.15) is 5.76 Å². The first-order valence-corrected chi connectivity index (χ1v) is 9.48. The molecule has 28 heavy (non-hydrogen) atoms. The number of anilines is 2. The molecule has 1 heterocycles. The molecule has 2 rings (SSSR count). The van der Waals surface area contributed by atoms with Crippen molar-refractivity contribution in [2.75, 3.05) is 30.9 Å². The van der Waals surface area contributed by atoms with Crippen molar-refractivity contribution < 1.29 is 14.0 Å². The summed E-state index contributed by atoms with van der Waals surface area (Å²) in [6.07, 6.45) is 1.60. The van der Waals surface area contributed by atoms with Gasteiger partial charge in [0, 0.05) is 37.9 Å². The fourth-order valence-corrected chi connectivity index (χ4v) is 2.77. The lowest BCUT2D eigenvalue weighted by Crippen LogP contribution is -2.39. The molecule has 7 nitrogen and oxygen atoms in total. The molecule has 0 saturated carbocycles. The number of rotatable bonds is 8. The van der Waals surface area contributed by atoms with Gasteiger partial charge in [0.25, 0.3) is 0 Å². The Morgan fingerprint density at radius 1 is 1.14 bits per heavy atom. The number of furan rings is 1. The average molecular weight is 386 g/mol. The van der Waals surface area contributed by atoms with Gasteiger partial charge in [0.05, 0.1) is 19.4 Å². The highest BCUT2D eigenvalue weighted by Crippen LogP contribution is 2.25. The molecule has 0 atom stereocenters. The number of hydrogen-bond donors (Lipinski definition) is 2. The number of benzene rings is 1. The van der Waals surface area contributed by atoms with Crippen LogP contribution in [0, 0.1) is 5.92 Å². The van der Waals surface area contributed by atoms with Gasteiger partial charge in [0.15, 0.2) is 0 Å². The second kappa shape index (κ2) is 9.82. The van der Waals surface area contributed by atoms with Gasteiger partial charge in [-0.1, -0.05) is 13.8 Å². The minimum Gasteiger partial charge on any atom is -0.467 e. The molecule has 0 aliphatic rings. The van der Waals surface area contributed by atoms with Crippen LogP contribution in [0.4, 0.5) is 16.2 Å². The van der Waals surface area contributed by atoms with Crippen LogP contribution >= 0.6 is 0 Å². The summed E-state index contributed by atoms with van der Waals surface area (Å²) < 4.78 is 5.42. The van der Waals surface area contributed by atoms with Crippen LogP contribution in [0.1, 0.15) is 32.1 Å². The maximum Gasteiger partial charge on any atom is 0.318 e. The van der Waals surface area contributed by atoms with Crippen molar-refractivity contribution in [3.63, 3.8) is 0 Å². The molecule has 2 aromatic rings. The van der Waals surface area contributed by atoms with Crippen molar-refractivity contribution in [3.05, 3.63) is 47.9 Å². The zero-order valence-electron chi connectivity index (χ0n) is 17.3. The number of nitrogens with zero attached hydrogens (tertiary/aromatic N) is 2. The van der Waals surface area contributed by atoms with E-state index in [2.05, 4.69) is 10.6 Å². The third-order valence-electron chi connectivity index (χ3n) is 4.26. The smallest absolute Gasteiger partial charge is 0.318 e. The Morgan fingerprint density at radius 3 is 2.46 bits per heavy atom. The zero-order valence-corrected chi connectivity index (χ0v) is 17.3. The highest BCUT2D eigenvalue weighted by molar-refractivity contribution is 5.92. The summed E-state index contributed by atoms with van der Waals surface area (Å²) in [4.78, 5) is 28.3. The molecule has 0 spiro atoms. The van der Waals surface area contributed by atoms with Crippen LogP contribution in [0.5, 0.6) is 0 Å². The second-order valence-corrected chi connectivity index (χ2v) is 7.15. The highest BCUT2D eigenvalue weighted by atomic mass is 16.3. The van der Waals surface area contributed by atoms with Crippen molar-refractivity contribution in [2.24, 2.45) is 5.92 Å². The molecule has 0 aliphatic heterocycles. The minimum atomic E-state index is -0.166. The first kappa shape index (κ1) is 21.3. The predicted octanol–water partition coefficient (Wildman–Crippen LogP) is 3.67. The largest absolute Gasteiger partial charge is 0.467 e. The Labute approximate surface area is 166 Å². The monoisotopic (exact) mass is 386 g/mol. The van der Waals surface area contributed by atoms with E-state index >= 15 is 0 Å². The lowest BCUT2D eigenvalue weighted by Gasteiger charge is -2.26. The van der Waals surface area contributed by atoms with E-state index in [4.69, 9.17) is 4.42 Å². The summed E-state index contributed by atoms with van der Waals surface area (Å²) in [6.45, 7) is 6.86. The predicted molar refractivity (Wildman–Crippen MR) is 111 cm³/mol. The van der Waals surface area contributed by atoms with Crippen molar-refractivity contribution in [1.82, 2.24) is 10.2 Å². The standard InChI is InChI=1S/C21H30N4O3/c1-6-22-21(27)25(14-18-8-7-11-28-18)13-16-12-17(23-20(26)15(2)3)9-10-19(16)24(4)5/h7-12,15H,6,13-14H2,1-5H3,(H,22,27)(H,23,26). The van der Waals surface area contributed by atoms with Crippen LogP contribution in [0.15, 0.2) is 41.0 Å². The summed E-state index contributed by atoms with van der Waals surface area (Å²) >= 11 is 0. The molecule has 3 amide bonds. The Morgan fingerprint density at radius 2 is 1.89 bits per heavy atom. The van der Waals surface area contributed by atoms with Crippen LogP contribution in [-0.2, 0) is 17.9 Å². The van der Waals surface area contributed by atoms with Crippen LogP contribution in [-0.4, -0.2) is 37.5 Å². The third kappa shape index (κ3) is 5.77. The Balaban J connectivity index is 2.31. The molecule has 0 fully saturated rings. The minimum absolute atomic E-state index is 0.0419. The van der Waals surface area contributed by atoms with E-state index < -0.39 is 0 Å². The molecule has 1 aromatic carbocycles. The Hall–Kier alpha value is -2.96. The van der Waals surface area contributed by atoms with E-state index in [1.807, 2.05) is 64.0 Å². The molecule has 0 bridgehead atoms. The Bertz CT molecular complexity index is 785. The number of hydrogen-bond acceptors (Lipinski definition) is 4. The highest BCUT2D eigenvalue weighted by Gasteiger charge is 2.18. The fourth-order valence-electron chi connectivity index (χ4n) is 2.77. The average Bonchev–Trinajstić information content (AvgIpc) is 3.14. The molecule has 0 radical (unpaired) electrons. The van der Waals surface area contributed by atoms with Crippen LogP contribution in [0.25, 0.3) is 0 Å². The normalized spacial score (nSPS) is 10.6. The number of carbonyl (C=O) groups is 2. The summed E-state index contributed by atoms with van der Waals surface area (Å²) in [7, 11) is 3.91. The molecule has 2 N–H and O–H groups in total. The van der Waals surface area contributed by atoms with Crippen molar-refractivity contribution in [1.29, 1.82) is 0 Å². The summed E-state index contributed by atoms with van der Waals surface area (Å²) in [6, 6.07) is 9.23. The first-order chi connectivity index (χ1) is 13.3. The topological polar surface area (TPSA) is 77.8 Å². The van der Waals surface area contributed by atoms with E-state index in [1.54, 1.807) is 17.2 Å². The molecule has 1 aromatic heterocycles. The second-order valence-electron chi connectivity index (χ2n) is 7.15. The summed E-state index contributed by atoms with van der Waals surface area (Å²) in [5.74, 6) is 0.560. The molecule has 0 aliphatic carbocycles. The van der Waals surface area contributed by atoms with Gasteiger partial charge in [-0.3, -0.25) is 4.79 Å². The summed E-state index contributed by atoms with van der Waals surface area (Å²) in [5.41, 5.74) is 2.63. The third-order valence-corrected chi connectivity index (χ3v) is 4.26. The van der Waals surface area contributed by atoms with Crippen LogP contribution in [0.2, 0.25) is 0 Å². The van der Waals surface area contributed by atoms with Gasteiger partial charge < -0.3 is 24.9 Å². The number of urea groups is 1. The van der Waals surface area contributed by atoms with Crippen molar-refractivity contribution in [2.45, 2.75) is 33.9 Å². The lowest BCUT2D eigenvalue weighted by molar-refractivity contribution is -0.118. The van der Waals surface area contributed by atoms with E-state index in [9.17, 15) is 9.59 Å². The quantitative estimate of drug-likeness (QED) is 0.726. The van der Waals surface area contributed by atoms with Crippen LogP contribution < -0.4 is 15.5 Å². The molecule has 152 valence electrons. The molecular formula is C21H30N4O3. The van der Waals surface area contributed by atoms with E-state index in [1.165, 1.54) is 0 Å². The van der Waals surface area contributed by atoms with Crippen molar-refractivity contribution in [3.8, 4) is 0 Å². The number of nitrogens with one attached hydrogen (secondary N) is 2. The van der Waals surface area contributed by atoms with Crippen LogP contribution in [0.3, 0.4) is 0 Å². The molecular weight excluding hydrogens is 356 g/mol.